The van der Waals surface area contributed by atoms with E-state index in [0.717, 1.165) is 18.6 Å². The molecule has 1 aromatic heterocycles. The van der Waals surface area contributed by atoms with Crippen LogP contribution in [0.1, 0.15) is 42.3 Å². The Morgan fingerprint density at radius 3 is 2.31 bits per heavy atom. The second-order valence-corrected chi connectivity index (χ2v) is 8.11. The van der Waals surface area contributed by atoms with E-state index in [-0.39, 0.29) is 23.8 Å². The van der Waals surface area contributed by atoms with Crippen molar-refractivity contribution < 1.29 is 28.2 Å². The van der Waals surface area contributed by atoms with E-state index in [9.17, 15) is 9.59 Å². The summed E-state index contributed by atoms with van der Waals surface area (Å²) in [5.74, 6) is 2.43. The summed E-state index contributed by atoms with van der Waals surface area (Å²) in [5.41, 5.74) is 0.488. The maximum Gasteiger partial charge on any atom is 0.254 e. The van der Waals surface area contributed by atoms with E-state index >= 15 is 0 Å². The van der Waals surface area contributed by atoms with E-state index in [0.29, 0.717) is 48.7 Å². The topological polar surface area (TPSA) is 90.2 Å². The van der Waals surface area contributed by atoms with Crippen LogP contribution >= 0.6 is 0 Å². The van der Waals surface area contributed by atoms with Crippen LogP contribution in [0.25, 0.3) is 0 Å². The van der Waals surface area contributed by atoms with Crippen molar-refractivity contribution in [3.63, 3.8) is 0 Å². The van der Waals surface area contributed by atoms with Crippen molar-refractivity contribution in [2.24, 2.45) is 5.92 Å². The molecule has 3 rings (SSSR count). The Kier molecular flexibility index (Phi) is 8.03. The number of carbonyl (C=O) groups is 2. The molecule has 1 N–H and O–H groups in total. The Balaban J connectivity index is 1.52. The molecular formula is C24H32N2O6. The van der Waals surface area contributed by atoms with Gasteiger partial charge in [-0.15, -0.1) is 0 Å². The number of nitrogens with one attached hydrogen (secondary N) is 1. The first-order valence-electron chi connectivity index (χ1n) is 10.9. The number of hydrogen-bond donors (Lipinski definition) is 1. The number of piperidine rings is 1. The maximum absolute atomic E-state index is 13.0. The Morgan fingerprint density at radius 2 is 1.78 bits per heavy atom. The fourth-order valence-corrected chi connectivity index (χ4v) is 4.10. The molecule has 2 aromatic rings. The molecule has 1 aliphatic rings. The van der Waals surface area contributed by atoms with Crippen molar-refractivity contribution >= 4 is 11.8 Å². The predicted molar refractivity (Wildman–Crippen MR) is 119 cm³/mol. The molecule has 8 heteroatoms. The van der Waals surface area contributed by atoms with Crippen molar-refractivity contribution in [1.29, 1.82) is 0 Å². The van der Waals surface area contributed by atoms with Gasteiger partial charge >= 0.3 is 0 Å². The third-order valence-electron chi connectivity index (χ3n) is 5.78. The van der Waals surface area contributed by atoms with Crippen molar-refractivity contribution in [3.05, 3.63) is 41.9 Å². The normalized spacial score (nSPS) is 15.2. The van der Waals surface area contributed by atoms with E-state index in [1.54, 1.807) is 18.4 Å². The monoisotopic (exact) mass is 444 g/mol. The van der Waals surface area contributed by atoms with Crippen LogP contribution in [0.2, 0.25) is 0 Å². The van der Waals surface area contributed by atoms with Gasteiger partial charge in [-0.05, 0) is 49.9 Å². The Morgan fingerprint density at radius 1 is 1.12 bits per heavy atom. The smallest absolute Gasteiger partial charge is 0.254 e. The van der Waals surface area contributed by atoms with Crippen LogP contribution in [0.15, 0.2) is 34.9 Å². The minimum atomic E-state index is -0.0841. The first-order chi connectivity index (χ1) is 15.4. The highest BCUT2D eigenvalue weighted by Crippen LogP contribution is 2.38. The molecule has 1 unspecified atom stereocenters. The lowest BCUT2D eigenvalue weighted by molar-refractivity contribution is -0.122. The summed E-state index contributed by atoms with van der Waals surface area (Å²) in [4.78, 5) is 27.3. The molecule has 0 saturated carbocycles. The van der Waals surface area contributed by atoms with E-state index in [2.05, 4.69) is 5.32 Å². The summed E-state index contributed by atoms with van der Waals surface area (Å²) < 4.78 is 21.4. The quantitative estimate of drug-likeness (QED) is 0.638. The standard InChI is InChI=1S/C24H32N2O6/c1-16(12-19-6-5-11-32-19)25-22(27)13-17-7-9-26(10-8-17)24(28)18-14-20(29-2)23(31-4)21(15-18)30-3/h5-6,11,14-17H,7-10,12-13H2,1-4H3,(H,25,27). The summed E-state index contributed by atoms with van der Waals surface area (Å²) in [6.45, 7) is 3.18. The van der Waals surface area contributed by atoms with Crippen molar-refractivity contribution in [2.45, 2.75) is 38.6 Å². The fourth-order valence-electron chi connectivity index (χ4n) is 4.10. The molecule has 174 valence electrons. The van der Waals surface area contributed by atoms with Crippen LogP contribution in [-0.2, 0) is 11.2 Å². The minimum Gasteiger partial charge on any atom is -0.493 e. The lowest BCUT2D eigenvalue weighted by atomic mass is 9.92. The zero-order valence-electron chi connectivity index (χ0n) is 19.2. The van der Waals surface area contributed by atoms with Crippen LogP contribution in [0.5, 0.6) is 17.2 Å². The zero-order chi connectivity index (χ0) is 23.1. The predicted octanol–water partition coefficient (Wildman–Crippen LogP) is 3.30. The molecule has 2 heterocycles. The average Bonchev–Trinajstić information content (AvgIpc) is 3.30. The van der Waals surface area contributed by atoms with Crippen LogP contribution in [-0.4, -0.2) is 57.2 Å². The molecule has 0 aliphatic carbocycles. The van der Waals surface area contributed by atoms with Gasteiger partial charge in [0.25, 0.3) is 5.91 Å². The minimum absolute atomic E-state index is 0.00958. The summed E-state index contributed by atoms with van der Waals surface area (Å²) in [6.07, 6.45) is 4.35. The van der Waals surface area contributed by atoms with Crippen LogP contribution in [0, 0.1) is 5.92 Å². The number of rotatable bonds is 9. The average molecular weight is 445 g/mol. The van der Waals surface area contributed by atoms with Gasteiger partial charge in [0.05, 0.1) is 27.6 Å². The molecule has 0 bridgehead atoms. The van der Waals surface area contributed by atoms with E-state index in [4.69, 9.17) is 18.6 Å². The number of benzene rings is 1. The third kappa shape index (κ3) is 5.75. The van der Waals surface area contributed by atoms with Gasteiger partial charge in [0, 0.05) is 37.5 Å². The van der Waals surface area contributed by atoms with Gasteiger partial charge in [-0.3, -0.25) is 9.59 Å². The SMILES string of the molecule is COc1cc(C(=O)N2CCC(CC(=O)NC(C)Cc3ccco3)CC2)cc(OC)c1OC. The maximum atomic E-state index is 13.0. The molecule has 0 radical (unpaired) electrons. The molecule has 1 atom stereocenters. The highest BCUT2D eigenvalue weighted by atomic mass is 16.5. The van der Waals surface area contributed by atoms with Crippen molar-refractivity contribution in [3.8, 4) is 17.2 Å². The number of amides is 2. The summed E-state index contributed by atoms with van der Waals surface area (Å²) in [5, 5.41) is 3.04. The Bertz CT molecular complexity index is 878. The number of nitrogens with zero attached hydrogens (tertiary/aromatic N) is 1. The molecule has 2 amide bonds. The lowest BCUT2D eigenvalue weighted by Crippen LogP contribution is -2.40. The zero-order valence-corrected chi connectivity index (χ0v) is 19.2. The lowest BCUT2D eigenvalue weighted by Gasteiger charge is -2.32. The van der Waals surface area contributed by atoms with Crippen molar-refractivity contribution in [2.75, 3.05) is 34.4 Å². The van der Waals surface area contributed by atoms with Gasteiger partial charge in [-0.2, -0.15) is 0 Å². The highest BCUT2D eigenvalue weighted by Gasteiger charge is 2.27. The van der Waals surface area contributed by atoms with Crippen LogP contribution in [0.3, 0.4) is 0 Å². The second-order valence-electron chi connectivity index (χ2n) is 8.11. The van der Waals surface area contributed by atoms with Gasteiger partial charge in [0.15, 0.2) is 11.5 Å². The fraction of sp³-hybridized carbons (Fsp3) is 0.500. The number of ether oxygens (including phenoxy) is 3. The van der Waals surface area contributed by atoms with Crippen LogP contribution in [0.4, 0.5) is 0 Å². The van der Waals surface area contributed by atoms with Gasteiger partial charge in [0.1, 0.15) is 5.76 Å². The van der Waals surface area contributed by atoms with Gasteiger partial charge in [0.2, 0.25) is 11.7 Å². The molecule has 32 heavy (non-hydrogen) atoms. The summed E-state index contributed by atoms with van der Waals surface area (Å²) in [7, 11) is 4.58. The largest absolute Gasteiger partial charge is 0.493 e. The number of hydrogen-bond acceptors (Lipinski definition) is 6. The first kappa shape index (κ1) is 23.5. The Labute approximate surface area is 188 Å². The van der Waals surface area contributed by atoms with E-state index in [1.165, 1.54) is 21.3 Å². The number of methoxy groups -OCH3 is 3. The van der Waals surface area contributed by atoms with Gasteiger partial charge < -0.3 is 28.8 Å². The summed E-state index contributed by atoms with van der Waals surface area (Å²) >= 11 is 0. The highest BCUT2D eigenvalue weighted by molar-refractivity contribution is 5.95. The molecular weight excluding hydrogens is 412 g/mol. The van der Waals surface area contributed by atoms with Gasteiger partial charge in [-0.1, -0.05) is 0 Å². The van der Waals surface area contributed by atoms with E-state index in [1.807, 2.05) is 24.0 Å². The first-order valence-corrected chi connectivity index (χ1v) is 10.9. The number of likely N-dealkylation sites (tertiary alicyclic amines) is 1. The Hall–Kier alpha value is -3.16. The number of furan rings is 1. The summed E-state index contributed by atoms with van der Waals surface area (Å²) in [6, 6.07) is 7.10. The molecule has 1 saturated heterocycles. The van der Waals surface area contributed by atoms with Gasteiger partial charge in [-0.25, -0.2) is 0 Å². The van der Waals surface area contributed by atoms with Crippen molar-refractivity contribution in [1.82, 2.24) is 10.2 Å². The van der Waals surface area contributed by atoms with Crippen LogP contribution < -0.4 is 19.5 Å². The molecule has 0 spiro atoms. The van der Waals surface area contributed by atoms with E-state index < -0.39 is 0 Å². The molecule has 1 aromatic carbocycles. The third-order valence-corrected chi connectivity index (χ3v) is 5.78. The number of carbonyl (C=O) groups excluding carboxylic acids is 2. The molecule has 1 aliphatic heterocycles. The molecule has 8 nitrogen and oxygen atoms in total. The second kappa shape index (κ2) is 10.9. The molecule has 1 fully saturated rings.